The zero-order valence-corrected chi connectivity index (χ0v) is 11.0. The lowest BCUT2D eigenvalue weighted by Crippen LogP contribution is -2.10. The average Bonchev–Trinajstić information content (AvgIpc) is 2.16. The normalized spacial score (nSPS) is 13.8. The summed E-state index contributed by atoms with van der Waals surface area (Å²) in [6, 6.07) is 8.86. The van der Waals surface area contributed by atoms with Crippen molar-refractivity contribution in [2.75, 3.05) is 0 Å². The first kappa shape index (κ1) is 13.2. The number of hydrogen-bond donors (Lipinski definition) is 1. The lowest BCUT2D eigenvalue weighted by Gasteiger charge is -2.19. The topological polar surface area (TPSA) is 20.2 Å². The number of aryl methyl sites for hydroxylation is 1. The van der Waals surface area contributed by atoms with Gasteiger partial charge in [0.25, 0.3) is 0 Å². The SMILES string of the molecule is CC(O)CCCc1ccc(C(C)(C)C)cc1. The van der Waals surface area contributed by atoms with Crippen molar-refractivity contribution in [1.29, 1.82) is 0 Å². The quantitative estimate of drug-likeness (QED) is 0.820. The number of rotatable bonds is 4. The maximum absolute atomic E-state index is 9.18. The number of hydrogen-bond acceptors (Lipinski definition) is 1. The van der Waals surface area contributed by atoms with Crippen LogP contribution in [0.2, 0.25) is 0 Å². The van der Waals surface area contributed by atoms with Gasteiger partial charge in [-0.15, -0.1) is 0 Å². The van der Waals surface area contributed by atoms with Crippen molar-refractivity contribution >= 4 is 0 Å². The molecule has 0 aromatic heterocycles. The second-order valence-electron chi connectivity index (χ2n) is 5.69. The Bertz CT molecular complexity index is 303. The Hall–Kier alpha value is -0.820. The van der Waals surface area contributed by atoms with Crippen LogP contribution >= 0.6 is 0 Å². The number of aliphatic hydroxyl groups is 1. The molecule has 0 bridgehead atoms. The molecule has 0 spiro atoms. The van der Waals surface area contributed by atoms with E-state index in [1.807, 2.05) is 6.92 Å². The lowest BCUT2D eigenvalue weighted by molar-refractivity contribution is 0.182. The molecule has 0 saturated heterocycles. The van der Waals surface area contributed by atoms with E-state index in [4.69, 9.17) is 0 Å². The van der Waals surface area contributed by atoms with Gasteiger partial charge in [-0.05, 0) is 42.7 Å². The summed E-state index contributed by atoms with van der Waals surface area (Å²) in [4.78, 5) is 0. The first-order chi connectivity index (χ1) is 7.39. The molecule has 16 heavy (non-hydrogen) atoms. The molecule has 90 valence electrons. The van der Waals surface area contributed by atoms with Crippen LogP contribution in [0.1, 0.15) is 51.7 Å². The highest BCUT2D eigenvalue weighted by Crippen LogP contribution is 2.22. The van der Waals surface area contributed by atoms with E-state index in [-0.39, 0.29) is 11.5 Å². The smallest absolute Gasteiger partial charge is 0.0512 e. The van der Waals surface area contributed by atoms with Gasteiger partial charge >= 0.3 is 0 Å². The Balaban J connectivity index is 2.52. The third-order valence-corrected chi connectivity index (χ3v) is 2.91. The molecule has 0 amide bonds. The van der Waals surface area contributed by atoms with Gasteiger partial charge in [0.1, 0.15) is 0 Å². The molecule has 0 saturated carbocycles. The molecule has 0 heterocycles. The van der Waals surface area contributed by atoms with Crippen LogP contribution in [0.25, 0.3) is 0 Å². The standard InChI is InChI=1S/C15H24O/c1-12(16)6-5-7-13-8-10-14(11-9-13)15(2,3)4/h8-12,16H,5-7H2,1-4H3. The minimum atomic E-state index is -0.172. The Morgan fingerprint density at radius 1 is 1.12 bits per heavy atom. The summed E-state index contributed by atoms with van der Waals surface area (Å²) >= 11 is 0. The molecular formula is C15H24O. The highest BCUT2D eigenvalue weighted by molar-refractivity contribution is 5.27. The molecule has 0 aliphatic rings. The van der Waals surface area contributed by atoms with Crippen LogP contribution in [0.15, 0.2) is 24.3 Å². The summed E-state index contributed by atoms with van der Waals surface area (Å²) in [5.74, 6) is 0. The summed E-state index contributed by atoms with van der Waals surface area (Å²) in [6.45, 7) is 8.54. The van der Waals surface area contributed by atoms with Gasteiger partial charge < -0.3 is 5.11 Å². The van der Waals surface area contributed by atoms with E-state index >= 15 is 0 Å². The van der Waals surface area contributed by atoms with E-state index in [1.54, 1.807) is 0 Å². The van der Waals surface area contributed by atoms with Crippen LogP contribution in [0.5, 0.6) is 0 Å². The Labute approximate surface area is 99.5 Å². The first-order valence-corrected chi connectivity index (χ1v) is 6.17. The average molecular weight is 220 g/mol. The molecule has 1 unspecified atom stereocenters. The fourth-order valence-corrected chi connectivity index (χ4v) is 1.77. The third kappa shape index (κ3) is 4.36. The van der Waals surface area contributed by atoms with Gasteiger partial charge in [0.05, 0.1) is 6.10 Å². The van der Waals surface area contributed by atoms with Crippen molar-refractivity contribution in [2.24, 2.45) is 0 Å². The Kier molecular flexibility index (Phi) is 4.55. The van der Waals surface area contributed by atoms with Crippen molar-refractivity contribution in [1.82, 2.24) is 0 Å². The van der Waals surface area contributed by atoms with Crippen LogP contribution in [-0.2, 0) is 11.8 Å². The molecule has 0 aliphatic heterocycles. The van der Waals surface area contributed by atoms with Gasteiger partial charge in [-0.2, -0.15) is 0 Å². The maximum Gasteiger partial charge on any atom is 0.0512 e. The van der Waals surface area contributed by atoms with E-state index in [0.29, 0.717) is 0 Å². The van der Waals surface area contributed by atoms with Gasteiger partial charge in [0.15, 0.2) is 0 Å². The molecule has 0 aliphatic carbocycles. The minimum Gasteiger partial charge on any atom is -0.393 e. The molecule has 1 aromatic carbocycles. The van der Waals surface area contributed by atoms with Gasteiger partial charge in [0, 0.05) is 0 Å². The van der Waals surface area contributed by atoms with Gasteiger partial charge in [-0.3, -0.25) is 0 Å². The monoisotopic (exact) mass is 220 g/mol. The molecule has 1 rings (SSSR count). The fourth-order valence-electron chi connectivity index (χ4n) is 1.77. The van der Waals surface area contributed by atoms with Gasteiger partial charge in [0.2, 0.25) is 0 Å². The molecule has 1 atom stereocenters. The number of benzene rings is 1. The molecule has 0 radical (unpaired) electrons. The molecular weight excluding hydrogens is 196 g/mol. The van der Waals surface area contributed by atoms with Crippen LogP contribution in [0.3, 0.4) is 0 Å². The second-order valence-corrected chi connectivity index (χ2v) is 5.69. The fraction of sp³-hybridized carbons (Fsp3) is 0.600. The van der Waals surface area contributed by atoms with Gasteiger partial charge in [-0.1, -0.05) is 45.0 Å². The van der Waals surface area contributed by atoms with Crippen molar-refractivity contribution in [3.63, 3.8) is 0 Å². The van der Waals surface area contributed by atoms with Crippen LogP contribution in [0.4, 0.5) is 0 Å². The summed E-state index contributed by atoms with van der Waals surface area (Å²) in [6.07, 6.45) is 2.84. The zero-order valence-electron chi connectivity index (χ0n) is 11.0. The molecule has 1 aromatic rings. The van der Waals surface area contributed by atoms with E-state index < -0.39 is 0 Å². The van der Waals surface area contributed by atoms with Gasteiger partial charge in [-0.25, -0.2) is 0 Å². The van der Waals surface area contributed by atoms with Crippen molar-refractivity contribution in [3.05, 3.63) is 35.4 Å². The highest BCUT2D eigenvalue weighted by Gasteiger charge is 2.12. The zero-order chi connectivity index (χ0) is 12.2. The highest BCUT2D eigenvalue weighted by atomic mass is 16.3. The summed E-state index contributed by atoms with van der Waals surface area (Å²) in [7, 11) is 0. The predicted octanol–water partition coefficient (Wildman–Crippen LogP) is 3.69. The molecule has 1 heteroatoms. The largest absolute Gasteiger partial charge is 0.393 e. The predicted molar refractivity (Wildman–Crippen MR) is 69.8 cm³/mol. The summed E-state index contributed by atoms with van der Waals surface area (Å²) in [5, 5.41) is 9.18. The van der Waals surface area contributed by atoms with E-state index in [2.05, 4.69) is 45.0 Å². The van der Waals surface area contributed by atoms with Crippen LogP contribution in [-0.4, -0.2) is 11.2 Å². The second kappa shape index (κ2) is 5.49. The first-order valence-electron chi connectivity index (χ1n) is 6.17. The number of aliphatic hydroxyl groups excluding tert-OH is 1. The summed E-state index contributed by atoms with van der Waals surface area (Å²) < 4.78 is 0. The van der Waals surface area contributed by atoms with E-state index in [1.165, 1.54) is 11.1 Å². The van der Waals surface area contributed by atoms with Crippen molar-refractivity contribution < 1.29 is 5.11 Å². The van der Waals surface area contributed by atoms with E-state index in [9.17, 15) is 5.11 Å². The minimum absolute atomic E-state index is 0.172. The lowest BCUT2D eigenvalue weighted by atomic mass is 9.86. The van der Waals surface area contributed by atoms with Crippen molar-refractivity contribution in [3.8, 4) is 0 Å². The molecule has 1 nitrogen and oxygen atoms in total. The maximum atomic E-state index is 9.18. The van der Waals surface area contributed by atoms with Crippen LogP contribution < -0.4 is 0 Å². The molecule has 0 fully saturated rings. The van der Waals surface area contributed by atoms with Crippen LogP contribution in [0, 0.1) is 0 Å². The third-order valence-electron chi connectivity index (χ3n) is 2.91. The summed E-state index contributed by atoms with van der Waals surface area (Å²) in [5.41, 5.74) is 2.98. The van der Waals surface area contributed by atoms with Crippen molar-refractivity contribution in [2.45, 2.75) is 58.5 Å². The Morgan fingerprint density at radius 3 is 2.12 bits per heavy atom. The molecule has 1 N–H and O–H groups in total. The van der Waals surface area contributed by atoms with E-state index in [0.717, 1.165) is 19.3 Å². The Morgan fingerprint density at radius 2 is 1.69 bits per heavy atom.